The summed E-state index contributed by atoms with van der Waals surface area (Å²) < 4.78 is 214. The van der Waals surface area contributed by atoms with Gasteiger partial charge in [0.15, 0.2) is 39.3 Å². The molecule has 21 nitrogen and oxygen atoms in total. The third-order valence-corrected chi connectivity index (χ3v) is 34.5. The van der Waals surface area contributed by atoms with Gasteiger partial charge in [0.25, 0.3) is 0 Å². The molecule has 0 aliphatic carbocycles. The van der Waals surface area contributed by atoms with Crippen LogP contribution in [-0.2, 0) is 114 Å². The maximum Gasteiger partial charge on any atom is 0.229 e. The monoisotopic (exact) mass is 1730 g/mol. The highest BCUT2D eigenvalue weighted by Crippen LogP contribution is 2.33. The van der Waals surface area contributed by atoms with Gasteiger partial charge in [0.05, 0.1) is 69.3 Å². The lowest BCUT2D eigenvalue weighted by atomic mass is 10.4. The molecule has 0 radical (unpaired) electrons. The molecule has 4 aromatic carbocycles. The SMILES string of the molecule is C.C.C=CS(=O)(=O)c1ccc(S(=O)(=O)c2ccc(CC)s2)cc1.CC.CCCS(=O)(=O)c1ccc(S(=O)(=O)c2ccc(CC)s2)cc1.CCCS(=O)(=O)c1ccc(S(=O)(=O)c2ccc(CN)s2)cc1.CCN(CC)CC.CCc1ccc(S(=O)(=O)c2ccc(S(=O)(=O)CCO)cc2)s1.CS(=O)(=O)Cl.Cl. The molecule has 4 heterocycles. The summed E-state index contributed by atoms with van der Waals surface area (Å²) in [5.74, 6) is -0.280. The van der Waals surface area contributed by atoms with Crippen molar-refractivity contribution in [3.63, 3.8) is 0 Å². The van der Waals surface area contributed by atoms with Gasteiger partial charge in [-0.1, -0.05) is 90.7 Å². The number of rotatable bonds is 26. The molecule has 0 spiro atoms. The molecule has 8 aromatic rings. The predicted octanol–water partition coefficient (Wildman–Crippen LogP) is 14.8. The van der Waals surface area contributed by atoms with Gasteiger partial charge in [0.2, 0.25) is 48.4 Å². The van der Waals surface area contributed by atoms with E-state index in [0.717, 1.165) is 61.8 Å². The molecular weight excluding hydrogens is 1640 g/mol. The largest absolute Gasteiger partial charge is 0.395 e. The molecule has 0 unspecified atom stereocenters. The van der Waals surface area contributed by atoms with Crippen LogP contribution in [0.15, 0.2) is 214 Å². The van der Waals surface area contributed by atoms with Crippen LogP contribution in [0.2, 0.25) is 0 Å². The van der Waals surface area contributed by atoms with Crippen molar-refractivity contribution in [2.24, 2.45) is 5.73 Å². The number of aryl methyl sites for hydroxylation is 3. The van der Waals surface area contributed by atoms with E-state index in [-0.39, 0.29) is 107 Å². The average molecular weight is 1740 g/mol. The van der Waals surface area contributed by atoms with E-state index >= 15 is 0 Å². The fourth-order valence-corrected chi connectivity index (χ4v) is 23.3. The fraction of sp³-hybridized carbons (Fsp3) is 0.382. The highest BCUT2D eigenvalue weighted by atomic mass is 35.7. The molecule has 0 aliphatic rings. The van der Waals surface area contributed by atoms with Gasteiger partial charge in [-0.15, -0.1) is 57.8 Å². The van der Waals surface area contributed by atoms with E-state index in [1.54, 1.807) is 56.3 Å². The number of hydrogen-bond donors (Lipinski definition) is 2. The second-order valence-corrected chi connectivity index (χ2v) is 45.4. The Morgan fingerprint density at radius 3 is 0.769 bits per heavy atom. The first-order chi connectivity index (χ1) is 47.1. The standard InChI is InChI=1S/C15H18O4S3.C14H17NO4S3.C14H16O5S3.C14H14O4S3.C6H15N.C2H6.CH3ClO2S.2CH4.ClH/c1-3-11-21(16,17)13-6-8-14(9-7-13)22(18,19)15-10-5-12(4-2)20-15;1-2-9-21(16,17)12-4-6-13(7-5-12)22(18,19)14-8-3-11(10-15)20-14;1-2-11-3-8-14(20-11)22(18,19)13-6-4-12(5-7-13)21(16,17)10-9-15;1-3-11-5-10-14(19-11)21(17,18)13-8-6-12(7-9-13)20(15,16)4-2;1-4-7(5-2)6-3;1-2;1-5(2,3)4;;;/h5-10H,3-4,11H2,1-2H3;3-8H,2,9-10,15H2,1H3;3-8,15H,2,9-10H2,1H3;4-10H,2-3H2,1H3;4-6H2,1-3H3;1-2H3;1H3;2*1H4;1H. The van der Waals surface area contributed by atoms with Gasteiger partial charge < -0.3 is 15.7 Å². The second kappa shape index (κ2) is 46.1. The molecule has 4 aromatic heterocycles. The van der Waals surface area contributed by atoms with E-state index in [1.807, 2.05) is 34.6 Å². The van der Waals surface area contributed by atoms with Crippen molar-refractivity contribution in [2.75, 3.05) is 49.8 Å². The van der Waals surface area contributed by atoms with Crippen LogP contribution in [0.1, 0.15) is 116 Å². The Morgan fingerprint density at radius 2 is 0.596 bits per heavy atom. The quantitative estimate of drug-likeness (QED) is 0.0475. The molecule has 36 heteroatoms. The minimum absolute atomic E-state index is 0. The summed E-state index contributed by atoms with van der Waals surface area (Å²) in [6.45, 7) is 26.6. The number of nitrogens with zero attached hydrogens (tertiary/aromatic N) is 1. The summed E-state index contributed by atoms with van der Waals surface area (Å²) in [6.07, 6.45) is 4.29. The van der Waals surface area contributed by atoms with Gasteiger partial charge in [-0.25, -0.2) is 75.8 Å². The lowest BCUT2D eigenvalue weighted by Gasteiger charge is -2.13. The number of benzene rings is 4. The Kier molecular flexibility index (Phi) is 44.9. The minimum Gasteiger partial charge on any atom is -0.395 e. The molecule has 104 heavy (non-hydrogen) atoms. The smallest absolute Gasteiger partial charge is 0.229 e. The van der Waals surface area contributed by atoms with Crippen LogP contribution in [0.25, 0.3) is 0 Å². The van der Waals surface area contributed by atoms with Crippen molar-refractivity contribution in [3.05, 3.63) is 177 Å². The van der Waals surface area contributed by atoms with Crippen LogP contribution in [0, 0.1) is 0 Å². The van der Waals surface area contributed by atoms with E-state index in [9.17, 15) is 75.8 Å². The first kappa shape index (κ1) is 101. The first-order valence-electron chi connectivity index (χ1n) is 31.3. The van der Waals surface area contributed by atoms with Gasteiger partial charge in [0, 0.05) is 42.1 Å². The molecule has 0 amide bonds. The Bertz CT molecular complexity index is 4630. The van der Waals surface area contributed by atoms with Crippen molar-refractivity contribution < 1.29 is 80.9 Å². The molecule has 0 saturated carbocycles. The molecule has 0 saturated heterocycles. The van der Waals surface area contributed by atoms with Crippen LogP contribution in [0.4, 0.5) is 0 Å². The third kappa shape index (κ3) is 30.5. The fourth-order valence-electron chi connectivity index (χ4n) is 8.22. The molecule has 586 valence electrons. The lowest BCUT2D eigenvalue weighted by Crippen LogP contribution is -2.21. The van der Waals surface area contributed by atoms with Crippen molar-refractivity contribution >= 4 is 156 Å². The highest BCUT2D eigenvalue weighted by Gasteiger charge is 2.26. The average Bonchev–Trinajstić information content (AvgIpc) is 1.45. The van der Waals surface area contributed by atoms with Gasteiger partial charge in [-0.3, -0.25) is 0 Å². The van der Waals surface area contributed by atoms with Crippen LogP contribution in [0.5, 0.6) is 0 Å². The lowest BCUT2D eigenvalue weighted by molar-refractivity contribution is 0.319. The van der Waals surface area contributed by atoms with E-state index in [1.165, 1.54) is 157 Å². The van der Waals surface area contributed by atoms with Crippen molar-refractivity contribution in [3.8, 4) is 0 Å². The summed E-state index contributed by atoms with van der Waals surface area (Å²) in [4.78, 5) is 6.77. The van der Waals surface area contributed by atoms with E-state index in [4.69, 9.17) is 10.8 Å². The number of halogens is 2. The van der Waals surface area contributed by atoms with Crippen molar-refractivity contribution in [2.45, 2.75) is 179 Å². The Balaban J connectivity index is 0. The maximum atomic E-state index is 12.5. The number of hydrogen-bond acceptors (Lipinski definition) is 25. The topological polar surface area (TPSA) is 357 Å². The Morgan fingerprint density at radius 1 is 0.385 bits per heavy atom. The number of sulfone groups is 8. The third-order valence-electron chi connectivity index (χ3n) is 13.7. The molecule has 0 bridgehead atoms. The summed E-state index contributed by atoms with van der Waals surface area (Å²) in [6, 6.07) is 34.3. The number of nitrogens with two attached hydrogens (primary N) is 1. The van der Waals surface area contributed by atoms with Gasteiger partial charge in [-0.05, 0) is 197 Å². The predicted molar refractivity (Wildman–Crippen MR) is 428 cm³/mol. The van der Waals surface area contributed by atoms with Crippen molar-refractivity contribution in [1.82, 2.24) is 4.90 Å². The number of aliphatic hydroxyl groups excluding tert-OH is 1. The Hall–Kier alpha value is -4.57. The van der Waals surface area contributed by atoms with Crippen LogP contribution in [0.3, 0.4) is 0 Å². The molecule has 0 fully saturated rings. The zero-order chi connectivity index (χ0) is 77.0. The van der Waals surface area contributed by atoms with E-state index in [0.29, 0.717) is 12.8 Å². The van der Waals surface area contributed by atoms with Gasteiger partial charge in [0.1, 0.15) is 16.8 Å². The first-order valence-corrected chi connectivity index (χ1v) is 49.7. The normalized spacial score (nSPS) is 11.7. The number of aliphatic hydroxyl groups is 1. The molecular formula is C68H98Cl2N2O19S13. The van der Waals surface area contributed by atoms with E-state index < -0.39 is 94.4 Å². The molecule has 8 rings (SSSR count). The van der Waals surface area contributed by atoms with Crippen LogP contribution in [-0.4, -0.2) is 136 Å². The van der Waals surface area contributed by atoms with Crippen LogP contribution < -0.4 is 5.73 Å². The van der Waals surface area contributed by atoms with Gasteiger partial charge in [-0.2, -0.15) is 0 Å². The molecule has 0 aliphatic heterocycles. The minimum atomic E-state index is -3.63. The second-order valence-electron chi connectivity index (χ2n) is 20.7. The van der Waals surface area contributed by atoms with Gasteiger partial charge >= 0.3 is 0 Å². The summed E-state index contributed by atoms with van der Waals surface area (Å²) in [5.41, 5.74) is 5.49. The number of thiophene rings is 4. The summed E-state index contributed by atoms with van der Waals surface area (Å²) >= 11 is 4.81. The van der Waals surface area contributed by atoms with E-state index in [2.05, 4.69) is 42.9 Å². The summed E-state index contributed by atoms with van der Waals surface area (Å²) in [7, 11) is -26.9. The zero-order valence-electron chi connectivity index (χ0n) is 58.2. The molecule has 0 atom stereocenters. The summed E-state index contributed by atoms with van der Waals surface area (Å²) in [5, 5.41) is 9.58. The zero-order valence-corrected chi connectivity index (χ0v) is 70.4. The Labute approximate surface area is 646 Å². The molecule has 3 N–H and O–H groups in total. The van der Waals surface area contributed by atoms with Crippen molar-refractivity contribution in [1.29, 1.82) is 0 Å². The maximum absolute atomic E-state index is 12.5. The highest BCUT2D eigenvalue weighted by molar-refractivity contribution is 8.13. The van der Waals surface area contributed by atoms with Crippen LogP contribution >= 0.6 is 68.4 Å².